The quantitative estimate of drug-likeness (QED) is 0.910. The number of carbonyl (C=O) groups is 1. The van der Waals surface area contributed by atoms with E-state index in [1.54, 1.807) is 0 Å². The van der Waals surface area contributed by atoms with Gasteiger partial charge in [-0.15, -0.1) is 0 Å². The summed E-state index contributed by atoms with van der Waals surface area (Å²) < 4.78 is 0. The van der Waals surface area contributed by atoms with E-state index in [9.17, 15) is 4.79 Å². The fourth-order valence-electron chi connectivity index (χ4n) is 3.24. The average Bonchev–Trinajstić information content (AvgIpc) is 2.96. The lowest BCUT2D eigenvalue weighted by Gasteiger charge is -2.18. The van der Waals surface area contributed by atoms with Crippen LogP contribution in [-0.2, 0) is 4.79 Å². The fourth-order valence-corrected chi connectivity index (χ4v) is 3.24. The molecule has 3 N–H and O–H groups in total. The molecule has 1 amide bonds. The Balaban J connectivity index is 1.88. The molecule has 4 heteroatoms. The van der Waals surface area contributed by atoms with E-state index >= 15 is 0 Å². The number of hydrogen-bond acceptors (Lipinski definition) is 3. The van der Waals surface area contributed by atoms with Crippen LogP contribution in [-0.4, -0.2) is 17.4 Å². The van der Waals surface area contributed by atoms with Gasteiger partial charge in [-0.2, -0.15) is 0 Å². The Morgan fingerprint density at radius 1 is 1.33 bits per heavy atom. The van der Waals surface area contributed by atoms with Crippen LogP contribution >= 0.6 is 0 Å². The Labute approximate surface area is 124 Å². The van der Waals surface area contributed by atoms with Crippen molar-refractivity contribution in [3.05, 3.63) is 36.0 Å². The third-order valence-electron chi connectivity index (χ3n) is 4.42. The molecule has 110 valence electrons. The van der Waals surface area contributed by atoms with Gasteiger partial charge in [-0.25, -0.2) is 0 Å². The van der Waals surface area contributed by atoms with Crippen molar-refractivity contribution in [3.63, 3.8) is 0 Å². The summed E-state index contributed by atoms with van der Waals surface area (Å²) in [5.74, 6) is 0.434. The summed E-state index contributed by atoms with van der Waals surface area (Å²) in [6, 6.07) is 9.89. The topological polar surface area (TPSA) is 68.0 Å². The molecule has 0 bridgehead atoms. The molecule has 21 heavy (non-hydrogen) atoms. The molecule has 1 heterocycles. The van der Waals surface area contributed by atoms with Crippen molar-refractivity contribution in [3.8, 4) is 0 Å². The van der Waals surface area contributed by atoms with E-state index in [-0.39, 0.29) is 11.8 Å². The first-order chi connectivity index (χ1) is 10.2. The minimum Gasteiger partial charge on any atom is -0.330 e. The second kappa shape index (κ2) is 5.82. The van der Waals surface area contributed by atoms with Crippen LogP contribution in [0.25, 0.3) is 10.9 Å². The lowest BCUT2D eigenvalue weighted by Crippen LogP contribution is -2.29. The molecule has 0 spiro atoms. The van der Waals surface area contributed by atoms with Gasteiger partial charge in [0.1, 0.15) is 0 Å². The zero-order chi connectivity index (χ0) is 14.8. The molecule has 2 aromatic rings. The van der Waals surface area contributed by atoms with E-state index in [0.717, 1.165) is 41.5 Å². The number of anilines is 1. The summed E-state index contributed by atoms with van der Waals surface area (Å²) in [7, 11) is 0. The number of nitrogens with two attached hydrogens (primary N) is 1. The van der Waals surface area contributed by atoms with Crippen molar-refractivity contribution in [1.29, 1.82) is 0 Å². The smallest absolute Gasteiger partial charge is 0.227 e. The summed E-state index contributed by atoms with van der Waals surface area (Å²) in [5.41, 5.74) is 8.37. The highest BCUT2D eigenvalue weighted by Gasteiger charge is 2.32. The summed E-state index contributed by atoms with van der Waals surface area (Å²) >= 11 is 0. The maximum Gasteiger partial charge on any atom is 0.227 e. The second-order valence-corrected chi connectivity index (χ2v) is 5.85. The van der Waals surface area contributed by atoms with Crippen LogP contribution in [0.1, 0.15) is 25.0 Å². The Hall–Kier alpha value is -1.94. The van der Waals surface area contributed by atoms with E-state index in [1.807, 2.05) is 37.3 Å². The molecule has 0 saturated heterocycles. The third kappa shape index (κ3) is 2.76. The van der Waals surface area contributed by atoms with Gasteiger partial charge in [0.25, 0.3) is 0 Å². The number of aryl methyl sites for hydroxylation is 1. The van der Waals surface area contributed by atoms with Crippen LogP contribution in [0, 0.1) is 18.8 Å². The molecule has 4 nitrogen and oxygen atoms in total. The number of amides is 1. The molecule has 2 unspecified atom stereocenters. The highest BCUT2D eigenvalue weighted by atomic mass is 16.1. The van der Waals surface area contributed by atoms with Crippen LogP contribution in [0.4, 0.5) is 5.69 Å². The van der Waals surface area contributed by atoms with Gasteiger partial charge < -0.3 is 11.1 Å². The highest BCUT2D eigenvalue weighted by molar-refractivity contribution is 6.01. The predicted octanol–water partition coefficient (Wildman–Crippen LogP) is 2.86. The zero-order valence-corrected chi connectivity index (χ0v) is 12.3. The Morgan fingerprint density at radius 2 is 2.19 bits per heavy atom. The number of benzene rings is 1. The minimum absolute atomic E-state index is 0.0371. The first-order valence-electron chi connectivity index (χ1n) is 7.56. The zero-order valence-electron chi connectivity index (χ0n) is 12.3. The van der Waals surface area contributed by atoms with Gasteiger partial charge in [0, 0.05) is 17.0 Å². The Bertz CT molecular complexity index is 668. The Kier molecular flexibility index (Phi) is 3.88. The predicted molar refractivity (Wildman–Crippen MR) is 85.0 cm³/mol. The SMILES string of the molecule is Cc1ccc2cccc(NC(=O)C3CCCC3CN)c2n1. The van der Waals surface area contributed by atoms with Crippen LogP contribution in [0.5, 0.6) is 0 Å². The largest absolute Gasteiger partial charge is 0.330 e. The van der Waals surface area contributed by atoms with Crippen LogP contribution < -0.4 is 11.1 Å². The standard InChI is InChI=1S/C17H21N3O/c1-11-8-9-12-4-3-7-15(16(12)19-11)20-17(21)14-6-2-5-13(14)10-18/h3-4,7-9,13-14H,2,5-6,10,18H2,1H3,(H,20,21). The second-order valence-electron chi connectivity index (χ2n) is 5.85. The van der Waals surface area contributed by atoms with Gasteiger partial charge in [-0.3, -0.25) is 9.78 Å². The van der Waals surface area contributed by atoms with Crippen molar-refractivity contribution >= 4 is 22.5 Å². The van der Waals surface area contributed by atoms with Crippen LogP contribution in [0.2, 0.25) is 0 Å². The molecule has 1 aliphatic rings. The molecule has 1 aromatic heterocycles. The monoisotopic (exact) mass is 283 g/mol. The van der Waals surface area contributed by atoms with E-state index < -0.39 is 0 Å². The van der Waals surface area contributed by atoms with Crippen molar-refractivity contribution < 1.29 is 4.79 Å². The number of nitrogens with one attached hydrogen (secondary N) is 1. The molecule has 1 aromatic carbocycles. The van der Waals surface area contributed by atoms with Gasteiger partial charge in [-0.1, -0.05) is 24.6 Å². The maximum atomic E-state index is 12.5. The number of nitrogens with zero attached hydrogens (tertiary/aromatic N) is 1. The number of fused-ring (bicyclic) bond motifs is 1. The molecule has 2 atom stereocenters. The number of hydrogen-bond donors (Lipinski definition) is 2. The van der Waals surface area contributed by atoms with E-state index in [4.69, 9.17) is 5.73 Å². The lowest BCUT2D eigenvalue weighted by atomic mass is 9.95. The molecular formula is C17H21N3O. The first kappa shape index (κ1) is 14.0. The van der Waals surface area contributed by atoms with Gasteiger partial charge >= 0.3 is 0 Å². The van der Waals surface area contributed by atoms with Gasteiger partial charge in [0.2, 0.25) is 5.91 Å². The number of pyridine rings is 1. The molecule has 3 rings (SSSR count). The Morgan fingerprint density at radius 3 is 3.00 bits per heavy atom. The normalized spacial score (nSPS) is 21.6. The fraction of sp³-hybridized carbons (Fsp3) is 0.412. The van der Waals surface area contributed by atoms with Gasteiger partial charge in [0.05, 0.1) is 11.2 Å². The third-order valence-corrected chi connectivity index (χ3v) is 4.42. The summed E-state index contributed by atoms with van der Waals surface area (Å²) in [6.45, 7) is 2.55. The summed E-state index contributed by atoms with van der Waals surface area (Å²) in [4.78, 5) is 17.1. The van der Waals surface area contributed by atoms with Crippen molar-refractivity contribution in [2.45, 2.75) is 26.2 Å². The summed E-state index contributed by atoms with van der Waals surface area (Å²) in [6.07, 6.45) is 3.08. The van der Waals surface area contributed by atoms with Gasteiger partial charge in [-0.05, 0) is 44.4 Å². The lowest BCUT2D eigenvalue weighted by molar-refractivity contribution is -0.120. The number of rotatable bonds is 3. The van der Waals surface area contributed by atoms with E-state index in [0.29, 0.717) is 12.5 Å². The molecule has 1 fully saturated rings. The molecule has 0 aliphatic heterocycles. The number of carbonyl (C=O) groups excluding carboxylic acids is 1. The van der Waals surface area contributed by atoms with Crippen molar-refractivity contribution in [2.75, 3.05) is 11.9 Å². The van der Waals surface area contributed by atoms with Crippen LogP contribution in [0.15, 0.2) is 30.3 Å². The van der Waals surface area contributed by atoms with Crippen molar-refractivity contribution in [1.82, 2.24) is 4.98 Å². The molecule has 1 saturated carbocycles. The molecule has 1 aliphatic carbocycles. The maximum absolute atomic E-state index is 12.5. The number of para-hydroxylation sites is 1. The van der Waals surface area contributed by atoms with Gasteiger partial charge in [0.15, 0.2) is 0 Å². The van der Waals surface area contributed by atoms with Crippen molar-refractivity contribution in [2.24, 2.45) is 17.6 Å². The highest BCUT2D eigenvalue weighted by Crippen LogP contribution is 2.32. The average molecular weight is 283 g/mol. The first-order valence-corrected chi connectivity index (χ1v) is 7.56. The minimum atomic E-state index is 0.0371. The van der Waals surface area contributed by atoms with Crippen LogP contribution in [0.3, 0.4) is 0 Å². The molecular weight excluding hydrogens is 262 g/mol. The molecule has 0 radical (unpaired) electrons. The van der Waals surface area contributed by atoms with E-state index in [1.165, 1.54) is 0 Å². The summed E-state index contributed by atoms with van der Waals surface area (Å²) in [5, 5.41) is 4.10. The number of aromatic nitrogens is 1. The van der Waals surface area contributed by atoms with E-state index in [2.05, 4.69) is 10.3 Å².